The minimum absolute atomic E-state index is 0.130. The van der Waals surface area contributed by atoms with Gasteiger partial charge in [0.1, 0.15) is 18.1 Å². The van der Waals surface area contributed by atoms with Gasteiger partial charge in [-0.05, 0) is 42.2 Å². The number of hydrogen-bond acceptors (Lipinski definition) is 8. The van der Waals surface area contributed by atoms with E-state index in [0.29, 0.717) is 18.7 Å². The number of likely N-dealkylation sites (tertiary alicyclic amines) is 2. The van der Waals surface area contributed by atoms with Crippen molar-refractivity contribution in [3.8, 4) is 5.75 Å². The van der Waals surface area contributed by atoms with Crippen molar-refractivity contribution in [2.24, 2.45) is 16.6 Å². The van der Waals surface area contributed by atoms with Crippen LogP contribution in [0, 0.1) is 10.8 Å². The number of primary amides is 1. The number of aromatic nitrogens is 1. The summed E-state index contributed by atoms with van der Waals surface area (Å²) in [6, 6.07) is 0.339. The molecule has 5 rings (SSSR count). The van der Waals surface area contributed by atoms with Crippen molar-refractivity contribution in [1.29, 1.82) is 0 Å². The van der Waals surface area contributed by atoms with Crippen LogP contribution in [-0.2, 0) is 23.9 Å². The predicted octanol–water partition coefficient (Wildman–Crippen LogP) is 0.389. The normalized spacial score (nSPS) is 27.4. The third-order valence-corrected chi connectivity index (χ3v) is 8.25. The van der Waals surface area contributed by atoms with Gasteiger partial charge in [0, 0.05) is 19.2 Å². The largest absolute Gasteiger partial charge is 0.472 e. The first-order valence-electron chi connectivity index (χ1n) is 13.0. The third kappa shape index (κ3) is 4.63. The summed E-state index contributed by atoms with van der Waals surface area (Å²) in [4.78, 5) is 72.7. The van der Waals surface area contributed by atoms with E-state index in [1.165, 1.54) is 23.1 Å². The second-order valence-corrected chi connectivity index (χ2v) is 12.1. The number of anilines is 1. The number of hydrogen-bond donors (Lipinski definition) is 3. The smallest absolute Gasteiger partial charge is 0.407 e. The van der Waals surface area contributed by atoms with Crippen LogP contribution in [0.1, 0.15) is 46.5 Å². The van der Waals surface area contributed by atoms with Crippen molar-refractivity contribution in [3.05, 3.63) is 18.3 Å². The minimum atomic E-state index is -1.53. The number of nitrogens with two attached hydrogens (primary N) is 1. The summed E-state index contributed by atoms with van der Waals surface area (Å²) < 4.78 is 10.8. The zero-order chi connectivity index (χ0) is 28.3. The first kappa shape index (κ1) is 26.7. The summed E-state index contributed by atoms with van der Waals surface area (Å²) in [6.07, 6.45) is 2.77. The summed E-state index contributed by atoms with van der Waals surface area (Å²) in [7, 11) is 1.21. The van der Waals surface area contributed by atoms with Crippen LogP contribution in [0.5, 0.6) is 5.75 Å². The van der Waals surface area contributed by atoms with Crippen LogP contribution in [0.3, 0.4) is 0 Å². The van der Waals surface area contributed by atoms with Gasteiger partial charge in [-0.1, -0.05) is 20.8 Å². The Morgan fingerprint density at radius 2 is 1.90 bits per heavy atom. The fourth-order valence-electron chi connectivity index (χ4n) is 5.87. The van der Waals surface area contributed by atoms with Crippen LogP contribution in [0.4, 0.5) is 10.6 Å². The lowest BCUT2D eigenvalue weighted by Gasteiger charge is -2.37. The Hall–Kier alpha value is -3.90. The number of nitrogens with zero attached hydrogens (tertiary/aromatic N) is 3. The molecule has 4 N–H and O–H groups in total. The molecule has 2 saturated heterocycles. The van der Waals surface area contributed by atoms with Crippen LogP contribution in [-0.4, -0.2) is 88.4 Å². The number of ether oxygens (including phenoxy) is 2. The second kappa shape index (κ2) is 9.09. The SMILES string of the molecule is COC(=O)N[C@H](C(=O)N1CC2(CC2)C[C@H]1C(=O)N1C[C@@]2(C[C@H]1C(N)=O)Oc1cccnc1NC2=O)C(C)(C)C. The maximum Gasteiger partial charge on any atom is 0.407 e. The first-order valence-corrected chi connectivity index (χ1v) is 13.0. The monoisotopic (exact) mass is 542 g/mol. The average molecular weight is 543 g/mol. The molecule has 1 aromatic heterocycles. The van der Waals surface area contributed by atoms with E-state index in [-0.39, 0.29) is 24.2 Å². The maximum absolute atomic E-state index is 14.1. The van der Waals surface area contributed by atoms with Crippen LogP contribution in [0.25, 0.3) is 0 Å². The zero-order valence-electron chi connectivity index (χ0n) is 22.5. The lowest BCUT2D eigenvalue weighted by molar-refractivity contribution is -0.148. The van der Waals surface area contributed by atoms with Crippen LogP contribution < -0.4 is 21.1 Å². The molecule has 5 amide bonds. The molecule has 13 heteroatoms. The third-order valence-electron chi connectivity index (χ3n) is 8.25. The van der Waals surface area contributed by atoms with Crippen molar-refractivity contribution in [2.45, 2.75) is 70.2 Å². The first-order chi connectivity index (χ1) is 18.3. The summed E-state index contributed by atoms with van der Waals surface area (Å²) >= 11 is 0. The molecule has 0 aromatic carbocycles. The molecule has 1 saturated carbocycles. The highest BCUT2D eigenvalue weighted by atomic mass is 16.5. The number of fused-ring (bicyclic) bond motifs is 1. The summed E-state index contributed by atoms with van der Waals surface area (Å²) in [5.41, 5.74) is 3.32. The molecular formula is C26H34N6O7. The molecule has 4 aliphatic rings. The van der Waals surface area contributed by atoms with Gasteiger partial charge in [-0.3, -0.25) is 19.2 Å². The predicted molar refractivity (Wildman–Crippen MR) is 136 cm³/mol. The zero-order valence-corrected chi connectivity index (χ0v) is 22.5. The van der Waals surface area contributed by atoms with Gasteiger partial charge in [-0.25, -0.2) is 9.78 Å². The Labute approximate surface area is 225 Å². The lowest BCUT2D eigenvalue weighted by atomic mass is 9.85. The molecule has 210 valence electrons. The van der Waals surface area contributed by atoms with Gasteiger partial charge in [-0.2, -0.15) is 0 Å². The van der Waals surface area contributed by atoms with E-state index in [4.69, 9.17) is 15.2 Å². The number of carbonyl (C=O) groups excluding carboxylic acids is 5. The number of alkyl carbamates (subject to hydrolysis) is 1. The molecule has 0 bridgehead atoms. The van der Waals surface area contributed by atoms with E-state index in [1.54, 1.807) is 12.1 Å². The maximum atomic E-state index is 14.1. The Kier molecular flexibility index (Phi) is 6.22. The Balaban J connectivity index is 1.44. The van der Waals surface area contributed by atoms with Gasteiger partial charge >= 0.3 is 6.09 Å². The number of nitrogens with one attached hydrogen (secondary N) is 2. The molecule has 0 unspecified atom stereocenters. The number of carbonyl (C=O) groups is 5. The van der Waals surface area contributed by atoms with Crippen LogP contribution >= 0.6 is 0 Å². The van der Waals surface area contributed by atoms with Crippen molar-refractivity contribution in [3.63, 3.8) is 0 Å². The molecule has 1 aromatic rings. The second-order valence-electron chi connectivity index (χ2n) is 12.1. The van der Waals surface area contributed by atoms with Crippen molar-refractivity contribution < 1.29 is 33.4 Å². The highest BCUT2D eigenvalue weighted by molar-refractivity contribution is 6.03. The van der Waals surface area contributed by atoms with E-state index in [9.17, 15) is 24.0 Å². The van der Waals surface area contributed by atoms with E-state index >= 15 is 0 Å². The van der Waals surface area contributed by atoms with E-state index < -0.39 is 58.9 Å². The Morgan fingerprint density at radius 1 is 1.18 bits per heavy atom. The van der Waals surface area contributed by atoms with E-state index in [1.807, 2.05) is 20.8 Å². The van der Waals surface area contributed by atoms with Gasteiger partial charge in [0.05, 0.1) is 13.7 Å². The molecular weight excluding hydrogens is 508 g/mol. The molecule has 3 fully saturated rings. The molecule has 4 atom stereocenters. The molecule has 4 heterocycles. The summed E-state index contributed by atoms with van der Waals surface area (Å²) in [5, 5.41) is 5.32. The number of rotatable bonds is 4. The van der Waals surface area contributed by atoms with Gasteiger partial charge in [0.15, 0.2) is 11.6 Å². The number of amides is 5. The standard InChI is InChI=1S/C26H34N6O7/c1-24(2,3)17(29-23(37)38-4)21(35)31-12-25(7-8-25)10-15(31)20(34)32-13-26(11-14(32)18(27)33)22(36)30-19-16(39-26)6-5-9-28-19/h5-6,9,14-15,17H,7-8,10-13H2,1-4H3,(H2,27,33)(H,29,37)(H,28,30,36)/t14-,15-,17+,26+/m0/s1. The molecule has 3 aliphatic heterocycles. The quantitative estimate of drug-likeness (QED) is 0.490. The molecule has 2 spiro atoms. The Bertz CT molecular complexity index is 1240. The summed E-state index contributed by atoms with van der Waals surface area (Å²) in [5.74, 6) is -1.61. The lowest BCUT2D eigenvalue weighted by Crippen LogP contribution is -2.59. The highest BCUT2D eigenvalue weighted by Crippen LogP contribution is 2.55. The van der Waals surface area contributed by atoms with Gasteiger partial charge in [0.2, 0.25) is 23.3 Å². The van der Waals surface area contributed by atoms with Crippen LogP contribution in [0.2, 0.25) is 0 Å². The van der Waals surface area contributed by atoms with Gasteiger partial charge < -0.3 is 35.6 Å². The number of pyridine rings is 1. The minimum Gasteiger partial charge on any atom is -0.472 e. The molecule has 13 nitrogen and oxygen atoms in total. The topological polar surface area (TPSA) is 173 Å². The van der Waals surface area contributed by atoms with E-state index in [0.717, 1.165) is 12.8 Å². The number of methoxy groups -OCH3 is 1. The van der Waals surface area contributed by atoms with E-state index in [2.05, 4.69) is 15.6 Å². The summed E-state index contributed by atoms with van der Waals surface area (Å²) in [6.45, 7) is 5.57. The van der Waals surface area contributed by atoms with Gasteiger partial charge in [-0.15, -0.1) is 0 Å². The Morgan fingerprint density at radius 3 is 2.51 bits per heavy atom. The highest BCUT2D eigenvalue weighted by Gasteiger charge is 2.61. The van der Waals surface area contributed by atoms with Crippen molar-refractivity contribution in [2.75, 3.05) is 25.5 Å². The van der Waals surface area contributed by atoms with Crippen molar-refractivity contribution in [1.82, 2.24) is 20.1 Å². The molecule has 39 heavy (non-hydrogen) atoms. The van der Waals surface area contributed by atoms with Crippen LogP contribution in [0.15, 0.2) is 18.3 Å². The average Bonchev–Trinajstić information content (AvgIpc) is 3.35. The van der Waals surface area contributed by atoms with Gasteiger partial charge in [0.25, 0.3) is 5.91 Å². The molecule has 1 aliphatic carbocycles. The fraction of sp³-hybridized carbons (Fsp3) is 0.615. The molecule has 0 radical (unpaired) electrons. The van der Waals surface area contributed by atoms with Crippen molar-refractivity contribution >= 4 is 35.5 Å². The fourth-order valence-corrected chi connectivity index (χ4v) is 5.87.